The van der Waals surface area contributed by atoms with Gasteiger partial charge in [-0.05, 0) is 94.8 Å². The topological polar surface area (TPSA) is 293 Å². The van der Waals surface area contributed by atoms with Gasteiger partial charge in [-0.1, -0.05) is 20.8 Å². The summed E-state index contributed by atoms with van der Waals surface area (Å²) in [6.07, 6.45) is -17.9. The van der Waals surface area contributed by atoms with Crippen molar-refractivity contribution in [2.75, 3.05) is 54.6 Å². The average molecular weight is 1020 g/mol. The molecule has 0 aromatic rings. The van der Waals surface area contributed by atoms with E-state index in [-0.39, 0.29) is 50.5 Å². The van der Waals surface area contributed by atoms with Crippen molar-refractivity contribution in [3.05, 3.63) is 0 Å². The first kappa shape index (κ1) is 59.3. The van der Waals surface area contributed by atoms with Crippen molar-refractivity contribution in [3.63, 3.8) is 0 Å². The van der Waals surface area contributed by atoms with Gasteiger partial charge in [-0.25, -0.2) is 9.59 Å². The van der Waals surface area contributed by atoms with E-state index < -0.39 is 146 Å². The number of likely N-dealkylation sites (N-methyl/N-ethyl adjacent to an activating group) is 2. The molecule has 0 spiro atoms. The third-order valence-electron chi connectivity index (χ3n) is 15.4. The second-order valence-electron chi connectivity index (χ2n) is 21.4. The molecular weight excluding hydrogens is 939 g/mol. The highest BCUT2D eigenvalue weighted by atomic mass is 16.8. The first-order valence-corrected chi connectivity index (χ1v) is 25.0. The molecule has 1 amide bonds. The van der Waals surface area contributed by atoms with E-state index >= 15 is 0 Å². The molecule has 5 aliphatic rings. The second-order valence-corrected chi connectivity index (χ2v) is 21.4. The fourth-order valence-corrected chi connectivity index (χ4v) is 11.2. The van der Waals surface area contributed by atoms with Gasteiger partial charge >= 0.3 is 18.2 Å². The minimum atomic E-state index is -1.65. The largest absolute Gasteiger partial charge is 0.509 e. The van der Waals surface area contributed by atoms with Gasteiger partial charge in [0.15, 0.2) is 36.7 Å². The molecule has 71 heavy (non-hydrogen) atoms. The zero-order valence-electron chi connectivity index (χ0n) is 44.0. The van der Waals surface area contributed by atoms with Crippen molar-refractivity contribution < 1.29 is 97.1 Å². The lowest BCUT2D eigenvalue weighted by molar-refractivity contribution is -0.317. The predicted octanol–water partition coefficient (Wildman–Crippen LogP) is 0.633. The Kier molecular flexibility index (Phi) is 20.4. The smallest absolute Gasteiger partial charge is 0.458 e. The van der Waals surface area contributed by atoms with Crippen LogP contribution in [-0.4, -0.2) is 234 Å². The van der Waals surface area contributed by atoms with Crippen LogP contribution in [0.5, 0.6) is 0 Å². The van der Waals surface area contributed by atoms with Crippen molar-refractivity contribution in [1.29, 1.82) is 0 Å². The van der Waals surface area contributed by atoms with Crippen molar-refractivity contribution in [2.24, 2.45) is 17.8 Å². The third-order valence-corrected chi connectivity index (χ3v) is 15.4. The highest BCUT2D eigenvalue weighted by Crippen LogP contribution is 2.42. The number of fused-ring (bicyclic) bond motifs is 1. The van der Waals surface area contributed by atoms with Crippen LogP contribution in [-0.2, 0) is 56.9 Å². The summed E-state index contributed by atoms with van der Waals surface area (Å²) < 4.78 is 67.1. The molecule has 0 bridgehead atoms. The monoisotopic (exact) mass is 1020 g/mol. The molecule has 23 atom stereocenters. The molecule has 5 saturated heterocycles. The summed E-state index contributed by atoms with van der Waals surface area (Å²) in [4.78, 5) is 44.8. The zero-order chi connectivity index (χ0) is 53.1. The summed E-state index contributed by atoms with van der Waals surface area (Å²) in [7, 11) is 7.05. The van der Waals surface area contributed by atoms with E-state index in [1.54, 1.807) is 41.5 Å². The van der Waals surface area contributed by atoms with Crippen molar-refractivity contribution >= 4 is 18.2 Å². The van der Waals surface area contributed by atoms with Crippen LogP contribution >= 0.6 is 0 Å². The van der Waals surface area contributed by atoms with Gasteiger partial charge in [0.25, 0.3) is 0 Å². The Morgan fingerprint density at radius 1 is 0.887 bits per heavy atom. The lowest BCUT2D eigenvalue weighted by Gasteiger charge is -2.49. The molecule has 0 unspecified atom stereocenters. The number of methoxy groups -OCH3 is 1. The van der Waals surface area contributed by atoms with Gasteiger partial charge in [-0.2, -0.15) is 0 Å². The number of ether oxygens (including phenoxy) is 11. The normalized spacial score (nSPS) is 46.5. The van der Waals surface area contributed by atoms with Crippen LogP contribution in [0.1, 0.15) is 94.9 Å². The van der Waals surface area contributed by atoms with Gasteiger partial charge in [-0.15, -0.1) is 0 Å². The first-order chi connectivity index (χ1) is 33.1. The van der Waals surface area contributed by atoms with E-state index in [0.29, 0.717) is 13.0 Å². The van der Waals surface area contributed by atoms with Crippen molar-refractivity contribution in [3.8, 4) is 0 Å². The quantitative estimate of drug-likeness (QED) is 0.0757. The molecule has 0 aromatic carbocycles. The Hall–Kier alpha value is -2.59. The van der Waals surface area contributed by atoms with Crippen molar-refractivity contribution in [1.82, 2.24) is 15.1 Å². The molecule has 5 fully saturated rings. The van der Waals surface area contributed by atoms with Gasteiger partial charge in [0, 0.05) is 44.6 Å². The van der Waals surface area contributed by atoms with Crippen molar-refractivity contribution in [2.45, 2.75) is 216 Å². The molecule has 0 aromatic heterocycles. The number of esters is 1. The molecule has 7 N–H and O–H groups in total. The molecule has 412 valence electrons. The summed E-state index contributed by atoms with van der Waals surface area (Å²) >= 11 is 0. The minimum absolute atomic E-state index is 0.0305. The maximum Gasteiger partial charge on any atom is 0.509 e. The van der Waals surface area contributed by atoms with Crippen LogP contribution < -0.4 is 5.32 Å². The number of nitrogens with zero attached hydrogens (tertiary/aromatic N) is 2. The molecule has 23 nitrogen and oxygen atoms in total. The third kappa shape index (κ3) is 13.5. The predicted molar refractivity (Wildman–Crippen MR) is 249 cm³/mol. The van der Waals surface area contributed by atoms with Gasteiger partial charge in [0.2, 0.25) is 0 Å². The van der Waals surface area contributed by atoms with E-state index in [1.165, 1.54) is 7.11 Å². The summed E-state index contributed by atoms with van der Waals surface area (Å²) in [5.41, 5.74) is -4.28. The number of hydrogen-bond acceptors (Lipinski definition) is 22. The fourth-order valence-electron chi connectivity index (χ4n) is 11.2. The molecule has 0 saturated carbocycles. The Morgan fingerprint density at radius 3 is 2.18 bits per heavy atom. The van der Waals surface area contributed by atoms with Crippen LogP contribution in [0.2, 0.25) is 0 Å². The van der Waals surface area contributed by atoms with Crippen LogP contribution in [0, 0.1) is 17.8 Å². The highest BCUT2D eigenvalue weighted by Gasteiger charge is 2.59. The van der Waals surface area contributed by atoms with E-state index in [0.717, 1.165) is 0 Å². The number of alkyl carbamates (subject to hydrolysis) is 1. The highest BCUT2D eigenvalue weighted by molar-refractivity contribution is 5.73. The fraction of sp³-hybridized carbons (Fsp3) is 0.938. The SMILES string of the molecule is CC[C@H]1OC(=O)[C@H](C)[C@@H](O[C@H]2C[C@@](C)(OC)[C@@H](OC(=O)NCCO[C@@H]3O[C@H](CO)[C@@H](O)[C@H](O)[C@@H]3O)[C@H](C)O2)[C@H](C)[C@@H](O[C@@H]2O[C@H](C)C[C@H](N(C)C)[C@H]2O)[C@](C)(O)C[C@@H](C)CN(C)[C@H](C)[C@H]2OC(=O)O[C@@]21C. The van der Waals surface area contributed by atoms with E-state index in [4.69, 9.17) is 52.1 Å². The number of rotatable bonds is 13. The molecule has 0 aliphatic carbocycles. The molecule has 0 radical (unpaired) electrons. The maximum atomic E-state index is 14.7. The van der Waals surface area contributed by atoms with Crippen LogP contribution in [0.15, 0.2) is 0 Å². The lowest BCUT2D eigenvalue weighted by atomic mass is 9.77. The second kappa shape index (κ2) is 24.4. The van der Waals surface area contributed by atoms with Gasteiger partial charge in [0.1, 0.15) is 42.2 Å². The lowest BCUT2D eigenvalue weighted by Crippen LogP contribution is -2.61. The number of aliphatic hydroxyl groups is 6. The van der Waals surface area contributed by atoms with E-state index in [9.17, 15) is 45.0 Å². The minimum Gasteiger partial charge on any atom is -0.458 e. The Labute approximate surface area is 417 Å². The number of nitrogens with one attached hydrogen (secondary N) is 1. The number of cyclic esters (lactones) is 1. The first-order valence-electron chi connectivity index (χ1n) is 25.0. The van der Waals surface area contributed by atoms with Crippen LogP contribution in [0.25, 0.3) is 0 Å². The standard InChI is InChI=1S/C48H85N3O20/c1-15-31-48(10)39(70-45(59)71-48)27(6)51(13)21-23(2)19-46(8,60)38(68-43-33(53)29(50(11)12)18-24(3)63-43)25(4)37(26(5)41(57)66-31)67-32-20-47(9,61-14)40(28(7)64-32)69-44(58)49-16-17-62-42-36(56)35(55)34(54)30(22-52)65-42/h23-40,42-43,52-56,60H,15-22H2,1-14H3,(H,49,58)/t23-,24-,25+,26-,27-,28+,29+,30-,31-,32+,33-,34-,35+,36+,37+,38-,39-,40+,42-,43+,46-,47-,48-/m1/s1. The number of carbonyl (C=O) groups is 3. The summed E-state index contributed by atoms with van der Waals surface area (Å²) in [5, 5.41) is 67.0. The number of amides is 1. The summed E-state index contributed by atoms with van der Waals surface area (Å²) in [6, 6.07) is -0.750. The summed E-state index contributed by atoms with van der Waals surface area (Å²) in [6.45, 7) is 17.2. The Balaban J connectivity index is 1.43. The number of hydrogen-bond donors (Lipinski definition) is 7. The Bertz CT molecular complexity index is 1750. The molecular formula is C48H85N3O20. The van der Waals surface area contributed by atoms with Gasteiger partial charge < -0.3 is 93.0 Å². The van der Waals surface area contributed by atoms with E-state index in [1.807, 2.05) is 58.6 Å². The Morgan fingerprint density at radius 2 is 1.56 bits per heavy atom. The molecule has 5 rings (SSSR count). The molecule has 23 heteroatoms. The number of aliphatic hydroxyl groups excluding tert-OH is 5. The van der Waals surface area contributed by atoms with Crippen LogP contribution in [0.4, 0.5) is 9.59 Å². The maximum absolute atomic E-state index is 14.7. The van der Waals surface area contributed by atoms with E-state index in [2.05, 4.69) is 5.32 Å². The van der Waals surface area contributed by atoms with Gasteiger partial charge in [-0.3, -0.25) is 9.69 Å². The zero-order valence-corrected chi connectivity index (χ0v) is 44.0. The van der Waals surface area contributed by atoms with Crippen LogP contribution in [0.3, 0.4) is 0 Å². The van der Waals surface area contributed by atoms with Gasteiger partial charge in [0.05, 0.1) is 49.1 Å². The molecule has 5 heterocycles. The molecule has 5 aliphatic heterocycles. The number of carbonyl (C=O) groups excluding carboxylic acids is 3. The average Bonchev–Trinajstić information content (AvgIpc) is 3.61. The summed E-state index contributed by atoms with van der Waals surface area (Å²) in [5.74, 6) is -2.86.